The molecule has 3 rings (SSSR count). The van der Waals surface area contributed by atoms with Gasteiger partial charge in [0.05, 0.1) is 18.1 Å². The van der Waals surface area contributed by atoms with Gasteiger partial charge in [0.15, 0.2) is 0 Å². The molecule has 2 heterocycles. The molecule has 2 aliphatic rings. The molecule has 26 heavy (non-hydrogen) atoms. The van der Waals surface area contributed by atoms with E-state index in [-0.39, 0.29) is 17.7 Å². The Morgan fingerprint density at radius 2 is 1.81 bits per heavy atom. The van der Waals surface area contributed by atoms with Gasteiger partial charge in [0.1, 0.15) is 0 Å². The van der Waals surface area contributed by atoms with Gasteiger partial charge in [-0.1, -0.05) is 31.5 Å². The Balaban J connectivity index is 1.64. The number of carbonyl (C=O) groups is 1. The van der Waals surface area contributed by atoms with E-state index >= 15 is 0 Å². The lowest BCUT2D eigenvalue weighted by Crippen LogP contribution is -2.46. The maximum atomic E-state index is 12.9. The third kappa shape index (κ3) is 4.27. The molecule has 0 aliphatic carbocycles. The lowest BCUT2D eigenvalue weighted by atomic mass is 9.82. The minimum atomic E-state index is -3.46. The van der Waals surface area contributed by atoms with Gasteiger partial charge in [-0.05, 0) is 30.4 Å². The Morgan fingerprint density at radius 3 is 2.46 bits per heavy atom. The summed E-state index contributed by atoms with van der Waals surface area (Å²) in [6.45, 7) is 5.60. The maximum Gasteiger partial charge on any atom is 0.243 e. The average molecular weight is 381 g/mol. The quantitative estimate of drug-likeness (QED) is 0.783. The monoisotopic (exact) mass is 380 g/mol. The summed E-state index contributed by atoms with van der Waals surface area (Å²) in [7, 11) is -3.46. The lowest BCUT2D eigenvalue weighted by molar-refractivity contribution is -0.137. The summed E-state index contributed by atoms with van der Waals surface area (Å²) in [6.07, 6.45) is 2.13. The molecule has 144 valence electrons. The van der Waals surface area contributed by atoms with Crippen LogP contribution in [0.1, 0.15) is 26.2 Å². The first-order valence-corrected chi connectivity index (χ1v) is 10.9. The summed E-state index contributed by atoms with van der Waals surface area (Å²) in [5, 5.41) is 0. The zero-order valence-electron chi connectivity index (χ0n) is 15.3. The Hall–Kier alpha value is -1.44. The SMILES string of the molecule is CC[C@H]1CN(S(=O)(=O)c2ccccc2)CC[C@H]1CC(=O)N1CCOCC1. The molecule has 1 aromatic rings. The van der Waals surface area contributed by atoms with Crippen LogP contribution in [0, 0.1) is 11.8 Å². The third-order valence-electron chi connectivity index (χ3n) is 5.56. The zero-order valence-corrected chi connectivity index (χ0v) is 16.2. The molecule has 0 spiro atoms. The van der Waals surface area contributed by atoms with Gasteiger partial charge in [-0.15, -0.1) is 0 Å². The van der Waals surface area contributed by atoms with Gasteiger partial charge in [-0.25, -0.2) is 8.42 Å². The van der Waals surface area contributed by atoms with E-state index in [1.165, 1.54) is 0 Å². The van der Waals surface area contributed by atoms with Gasteiger partial charge in [-0.2, -0.15) is 4.31 Å². The van der Waals surface area contributed by atoms with Crippen molar-refractivity contribution in [3.63, 3.8) is 0 Å². The highest BCUT2D eigenvalue weighted by Gasteiger charge is 2.36. The Kier molecular flexibility index (Phi) is 6.32. The molecule has 1 amide bonds. The molecular weight excluding hydrogens is 352 g/mol. The molecule has 2 fully saturated rings. The molecule has 2 aliphatic heterocycles. The van der Waals surface area contributed by atoms with E-state index in [0.29, 0.717) is 50.7 Å². The highest BCUT2D eigenvalue weighted by molar-refractivity contribution is 7.89. The molecule has 0 saturated carbocycles. The van der Waals surface area contributed by atoms with Crippen LogP contribution in [-0.4, -0.2) is 62.9 Å². The predicted molar refractivity (Wildman–Crippen MR) is 99.1 cm³/mol. The molecule has 7 heteroatoms. The van der Waals surface area contributed by atoms with Crippen molar-refractivity contribution < 1.29 is 17.9 Å². The van der Waals surface area contributed by atoms with Crippen LogP contribution in [-0.2, 0) is 19.6 Å². The lowest BCUT2D eigenvalue weighted by Gasteiger charge is -2.38. The summed E-state index contributed by atoms with van der Waals surface area (Å²) >= 11 is 0. The van der Waals surface area contributed by atoms with Crippen molar-refractivity contribution in [2.75, 3.05) is 39.4 Å². The number of hydrogen-bond donors (Lipinski definition) is 0. The number of piperidine rings is 1. The van der Waals surface area contributed by atoms with Crippen molar-refractivity contribution in [3.05, 3.63) is 30.3 Å². The number of morpholine rings is 1. The zero-order chi connectivity index (χ0) is 18.6. The van der Waals surface area contributed by atoms with E-state index in [1.807, 2.05) is 11.0 Å². The van der Waals surface area contributed by atoms with E-state index < -0.39 is 10.0 Å². The average Bonchev–Trinajstić information content (AvgIpc) is 2.69. The van der Waals surface area contributed by atoms with Crippen LogP contribution < -0.4 is 0 Å². The second kappa shape index (κ2) is 8.50. The normalized spacial score (nSPS) is 25.2. The van der Waals surface area contributed by atoms with Crippen LogP contribution in [0.15, 0.2) is 35.2 Å². The summed E-state index contributed by atoms with van der Waals surface area (Å²) in [5.41, 5.74) is 0. The van der Waals surface area contributed by atoms with Crippen molar-refractivity contribution >= 4 is 15.9 Å². The molecule has 2 saturated heterocycles. The Labute approximate surface area is 156 Å². The van der Waals surface area contributed by atoms with Gasteiger partial charge in [0, 0.05) is 32.6 Å². The molecular formula is C19H28N2O4S. The fraction of sp³-hybridized carbons (Fsp3) is 0.632. The second-order valence-electron chi connectivity index (χ2n) is 7.09. The Morgan fingerprint density at radius 1 is 1.12 bits per heavy atom. The first-order valence-electron chi connectivity index (χ1n) is 9.43. The number of rotatable bonds is 5. The van der Waals surface area contributed by atoms with Crippen molar-refractivity contribution in [3.8, 4) is 0 Å². The number of carbonyl (C=O) groups excluding carboxylic acids is 1. The van der Waals surface area contributed by atoms with Crippen molar-refractivity contribution in [1.82, 2.24) is 9.21 Å². The van der Waals surface area contributed by atoms with Crippen LogP contribution in [0.4, 0.5) is 0 Å². The number of sulfonamides is 1. The molecule has 2 atom stereocenters. The summed E-state index contributed by atoms with van der Waals surface area (Å²) in [5.74, 6) is 0.640. The summed E-state index contributed by atoms with van der Waals surface area (Å²) < 4.78 is 32.6. The number of ether oxygens (including phenoxy) is 1. The molecule has 0 radical (unpaired) electrons. The van der Waals surface area contributed by atoms with Crippen LogP contribution in [0.5, 0.6) is 0 Å². The summed E-state index contributed by atoms with van der Waals surface area (Å²) in [4.78, 5) is 14.8. The highest BCUT2D eigenvalue weighted by Crippen LogP contribution is 2.32. The minimum absolute atomic E-state index is 0.177. The fourth-order valence-corrected chi connectivity index (χ4v) is 5.44. The first kappa shape index (κ1) is 19.3. The first-order chi connectivity index (χ1) is 12.5. The fourth-order valence-electron chi connectivity index (χ4n) is 3.90. The van der Waals surface area contributed by atoms with E-state index in [4.69, 9.17) is 4.74 Å². The van der Waals surface area contributed by atoms with Gasteiger partial charge >= 0.3 is 0 Å². The van der Waals surface area contributed by atoms with Gasteiger partial charge in [0.2, 0.25) is 15.9 Å². The maximum absolute atomic E-state index is 12.9. The number of nitrogens with zero attached hydrogens (tertiary/aromatic N) is 2. The predicted octanol–water partition coefficient (Wildman–Crippen LogP) is 1.97. The van der Waals surface area contributed by atoms with Gasteiger partial charge in [0.25, 0.3) is 0 Å². The highest BCUT2D eigenvalue weighted by atomic mass is 32.2. The minimum Gasteiger partial charge on any atom is -0.378 e. The largest absolute Gasteiger partial charge is 0.378 e. The van der Waals surface area contributed by atoms with E-state index in [2.05, 4.69) is 6.92 Å². The van der Waals surface area contributed by atoms with Crippen LogP contribution in [0.2, 0.25) is 0 Å². The Bertz CT molecular complexity index is 702. The van der Waals surface area contributed by atoms with Crippen LogP contribution in [0.3, 0.4) is 0 Å². The smallest absolute Gasteiger partial charge is 0.243 e. The summed E-state index contributed by atoms with van der Waals surface area (Å²) in [6, 6.07) is 8.60. The molecule has 0 bridgehead atoms. The van der Waals surface area contributed by atoms with Crippen LogP contribution in [0.25, 0.3) is 0 Å². The van der Waals surface area contributed by atoms with Gasteiger partial charge in [-0.3, -0.25) is 4.79 Å². The second-order valence-corrected chi connectivity index (χ2v) is 9.03. The standard InChI is InChI=1S/C19H28N2O4S/c1-2-16-15-21(26(23,24)18-6-4-3-5-7-18)9-8-17(16)14-19(22)20-10-12-25-13-11-20/h3-7,16-17H,2,8-15H2,1H3/t16-,17-/m0/s1. The van der Waals surface area contributed by atoms with Crippen molar-refractivity contribution in [2.45, 2.75) is 31.1 Å². The molecule has 1 aromatic carbocycles. The molecule has 0 N–H and O–H groups in total. The van der Waals surface area contributed by atoms with Crippen molar-refractivity contribution in [2.24, 2.45) is 11.8 Å². The molecule has 0 unspecified atom stereocenters. The topological polar surface area (TPSA) is 66.9 Å². The van der Waals surface area contributed by atoms with Gasteiger partial charge < -0.3 is 9.64 Å². The van der Waals surface area contributed by atoms with Crippen LogP contribution >= 0.6 is 0 Å². The molecule has 6 nitrogen and oxygen atoms in total. The third-order valence-corrected chi connectivity index (χ3v) is 7.44. The number of amides is 1. The van der Waals surface area contributed by atoms with E-state index in [1.54, 1.807) is 28.6 Å². The number of benzene rings is 1. The van der Waals surface area contributed by atoms with E-state index in [9.17, 15) is 13.2 Å². The van der Waals surface area contributed by atoms with E-state index in [0.717, 1.165) is 12.8 Å². The van der Waals surface area contributed by atoms with Crippen molar-refractivity contribution in [1.29, 1.82) is 0 Å². The number of hydrogen-bond acceptors (Lipinski definition) is 4. The molecule has 0 aromatic heterocycles.